The fourth-order valence-corrected chi connectivity index (χ4v) is 2.70. The number of hydrogen-bond donors (Lipinski definition) is 1. The van der Waals surface area contributed by atoms with Crippen molar-refractivity contribution >= 4 is 6.09 Å². The van der Waals surface area contributed by atoms with Crippen molar-refractivity contribution in [3.8, 4) is 11.1 Å². The zero-order valence-electron chi connectivity index (χ0n) is 10.8. The second-order valence-electron chi connectivity index (χ2n) is 4.86. The summed E-state index contributed by atoms with van der Waals surface area (Å²) >= 11 is 0. The van der Waals surface area contributed by atoms with Gasteiger partial charge in [-0.05, 0) is 35.6 Å². The molecule has 0 saturated carbocycles. The van der Waals surface area contributed by atoms with E-state index in [-0.39, 0.29) is 11.9 Å². The molecule has 0 heterocycles. The molecular formula is C16H14FNO2. The highest BCUT2D eigenvalue weighted by molar-refractivity contribution is 5.67. The van der Waals surface area contributed by atoms with Gasteiger partial charge in [-0.25, -0.2) is 9.18 Å². The number of halogens is 1. The number of fused-ring (bicyclic) bond motifs is 1. The Balaban J connectivity index is 1.96. The summed E-state index contributed by atoms with van der Waals surface area (Å²) < 4.78 is 18.9. The summed E-state index contributed by atoms with van der Waals surface area (Å²) in [4.78, 5) is 10.8. The Labute approximate surface area is 116 Å². The minimum atomic E-state index is -0.763. The van der Waals surface area contributed by atoms with E-state index < -0.39 is 6.09 Å². The SMILES string of the molecule is NC(=O)OC1CCc2cc(-c3ccccc3F)ccc21. The molecule has 1 unspecified atom stereocenters. The molecule has 0 radical (unpaired) electrons. The highest BCUT2D eigenvalue weighted by atomic mass is 19.1. The molecule has 3 rings (SSSR count). The number of rotatable bonds is 2. The van der Waals surface area contributed by atoms with Crippen LogP contribution in [0.1, 0.15) is 23.7 Å². The van der Waals surface area contributed by atoms with Crippen LogP contribution in [0.15, 0.2) is 42.5 Å². The number of hydrogen-bond acceptors (Lipinski definition) is 2. The van der Waals surface area contributed by atoms with E-state index in [1.54, 1.807) is 12.1 Å². The van der Waals surface area contributed by atoms with Crippen LogP contribution in [0.2, 0.25) is 0 Å². The molecule has 0 fully saturated rings. The fourth-order valence-electron chi connectivity index (χ4n) is 2.70. The molecule has 2 aromatic carbocycles. The number of nitrogens with two attached hydrogens (primary N) is 1. The van der Waals surface area contributed by atoms with Gasteiger partial charge in [-0.15, -0.1) is 0 Å². The smallest absolute Gasteiger partial charge is 0.405 e. The number of amides is 1. The van der Waals surface area contributed by atoms with Crippen LogP contribution in [0.3, 0.4) is 0 Å². The third-order valence-electron chi connectivity index (χ3n) is 3.61. The molecule has 0 saturated heterocycles. The maximum absolute atomic E-state index is 13.8. The molecular weight excluding hydrogens is 257 g/mol. The van der Waals surface area contributed by atoms with Gasteiger partial charge in [-0.3, -0.25) is 0 Å². The zero-order chi connectivity index (χ0) is 14.1. The Bertz CT molecular complexity index is 669. The van der Waals surface area contributed by atoms with Crippen LogP contribution in [0.25, 0.3) is 11.1 Å². The standard InChI is InChI=1S/C16H14FNO2/c17-14-4-2-1-3-12(14)10-5-7-13-11(9-10)6-8-15(13)20-16(18)19/h1-5,7,9,15H,6,8H2,(H2,18,19). The molecule has 1 atom stereocenters. The van der Waals surface area contributed by atoms with E-state index in [2.05, 4.69) is 0 Å². The molecule has 0 spiro atoms. The highest BCUT2D eigenvalue weighted by Gasteiger charge is 2.25. The van der Waals surface area contributed by atoms with Gasteiger partial charge in [0.25, 0.3) is 0 Å². The van der Waals surface area contributed by atoms with Gasteiger partial charge < -0.3 is 10.5 Å². The first-order valence-corrected chi connectivity index (χ1v) is 6.49. The molecule has 4 heteroatoms. The average Bonchev–Trinajstić information content (AvgIpc) is 2.81. The van der Waals surface area contributed by atoms with Crippen molar-refractivity contribution in [1.82, 2.24) is 0 Å². The zero-order valence-corrected chi connectivity index (χ0v) is 10.8. The van der Waals surface area contributed by atoms with E-state index in [9.17, 15) is 9.18 Å². The summed E-state index contributed by atoms with van der Waals surface area (Å²) in [7, 11) is 0. The number of carbonyl (C=O) groups is 1. The quantitative estimate of drug-likeness (QED) is 0.907. The van der Waals surface area contributed by atoms with Gasteiger partial charge in [0, 0.05) is 5.56 Å². The summed E-state index contributed by atoms with van der Waals surface area (Å²) in [5.74, 6) is -0.240. The molecule has 2 N–H and O–H groups in total. The molecule has 1 aliphatic rings. The number of benzene rings is 2. The third kappa shape index (κ3) is 2.25. The van der Waals surface area contributed by atoms with E-state index >= 15 is 0 Å². The first-order chi connectivity index (χ1) is 9.65. The van der Waals surface area contributed by atoms with Gasteiger partial charge >= 0.3 is 6.09 Å². The highest BCUT2D eigenvalue weighted by Crippen LogP contribution is 2.36. The first kappa shape index (κ1) is 12.7. The largest absolute Gasteiger partial charge is 0.441 e. The minimum absolute atomic E-state index is 0.240. The molecule has 2 aromatic rings. The van der Waals surface area contributed by atoms with E-state index in [4.69, 9.17) is 10.5 Å². The lowest BCUT2D eigenvalue weighted by molar-refractivity contribution is 0.107. The van der Waals surface area contributed by atoms with Crippen molar-refractivity contribution in [2.75, 3.05) is 0 Å². The van der Waals surface area contributed by atoms with E-state index in [1.165, 1.54) is 6.07 Å². The van der Waals surface area contributed by atoms with Crippen LogP contribution in [0, 0.1) is 5.82 Å². The predicted octanol–water partition coefficient (Wildman–Crippen LogP) is 3.58. The maximum Gasteiger partial charge on any atom is 0.405 e. The van der Waals surface area contributed by atoms with Gasteiger partial charge in [0.05, 0.1) is 0 Å². The Morgan fingerprint density at radius 1 is 1.25 bits per heavy atom. The van der Waals surface area contributed by atoms with Gasteiger partial charge in [-0.1, -0.05) is 36.4 Å². The monoisotopic (exact) mass is 271 g/mol. The van der Waals surface area contributed by atoms with E-state index in [0.717, 1.165) is 29.5 Å². The second-order valence-corrected chi connectivity index (χ2v) is 4.86. The number of ether oxygens (including phenoxy) is 1. The molecule has 102 valence electrons. The molecule has 0 aromatic heterocycles. The molecule has 3 nitrogen and oxygen atoms in total. The number of aryl methyl sites for hydroxylation is 1. The molecule has 0 aliphatic heterocycles. The predicted molar refractivity (Wildman–Crippen MR) is 73.6 cm³/mol. The summed E-state index contributed by atoms with van der Waals surface area (Å²) in [6, 6.07) is 12.4. The molecule has 20 heavy (non-hydrogen) atoms. The minimum Gasteiger partial charge on any atom is -0.441 e. The van der Waals surface area contributed by atoms with Crippen molar-refractivity contribution in [3.63, 3.8) is 0 Å². The van der Waals surface area contributed by atoms with Crippen molar-refractivity contribution < 1.29 is 13.9 Å². The van der Waals surface area contributed by atoms with Crippen LogP contribution in [-0.2, 0) is 11.2 Å². The van der Waals surface area contributed by atoms with Crippen molar-refractivity contribution in [1.29, 1.82) is 0 Å². The molecule has 0 bridgehead atoms. The Morgan fingerprint density at radius 3 is 2.80 bits per heavy atom. The van der Waals surface area contributed by atoms with Crippen molar-refractivity contribution in [2.45, 2.75) is 18.9 Å². The maximum atomic E-state index is 13.8. The fraction of sp³-hybridized carbons (Fsp3) is 0.188. The van der Waals surface area contributed by atoms with Crippen molar-refractivity contribution in [2.24, 2.45) is 5.73 Å². The Morgan fingerprint density at radius 2 is 2.05 bits per heavy atom. The molecule has 1 aliphatic carbocycles. The van der Waals surface area contributed by atoms with Gasteiger partial charge in [0.1, 0.15) is 11.9 Å². The van der Waals surface area contributed by atoms with Gasteiger partial charge in [0.15, 0.2) is 0 Å². The number of carbonyl (C=O) groups excluding carboxylic acids is 1. The van der Waals surface area contributed by atoms with Crippen molar-refractivity contribution in [3.05, 3.63) is 59.4 Å². The first-order valence-electron chi connectivity index (χ1n) is 6.49. The van der Waals surface area contributed by atoms with Crippen LogP contribution >= 0.6 is 0 Å². The Hall–Kier alpha value is -2.36. The second kappa shape index (κ2) is 4.96. The normalized spacial score (nSPS) is 16.8. The van der Waals surface area contributed by atoms with Gasteiger partial charge in [-0.2, -0.15) is 0 Å². The number of primary amides is 1. The lowest BCUT2D eigenvalue weighted by atomic mass is 10.00. The third-order valence-corrected chi connectivity index (χ3v) is 3.61. The van der Waals surface area contributed by atoms with E-state index in [1.807, 2.05) is 24.3 Å². The lowest BCUT2D eigenvalue weighted by Crippen LogP contribution is -2.15. The summed E-state index contributed by atoms with van der Waals surface area (Å²) in [6.45, 7) is 0. The summed E-state index contributed by atoms with van der Waals surface area (Å²) in [5, 5.41) is 0. The average molecular weight is 271 g/mol. The topological polar surface area (TPSA) is 52.3 Å². The van der Waals surface area contributed by atoms with Crippen LogP contribution in [0.4, 0.5) is 9.18 Å². The van der Waals surface area contributed by atoms with Crippen LogP contribution in [0.5, 0.6) is 0 Å². The summed E-state index contributed by atoms with van der Waals surface area (Å²) in [6.07, 6.45) is 0.479. The lowest BCUT2D eigenvalue weighted by Gasteiger charge is -2.12. The molecule has 1 amide bonds. The van der Waals surface area contributed by atoms with Crippen LogP contribution < -0.4 is 5.73 Å². The van der Waals surface area contributed by atoms with Crippen LogP contribution in [-0.4, -0.2) is 6.09 Å². The summed E-state index contributed by atoms with van der Waals surface area (Å²) in [5.41, 5.74) is 8.52. The van der Waals surface area contributed by atoms with E-state index in [0.29, 0.717) is 5.56 Å². The Kier molecular flexibility index (Phi) is 3.14. The van der Waals surface area contributed by atoms with Gasteiger partial charge in [0.2, 0.25) is 0 Å².